The number of nitrogens with one attached hydrogen (secondary N) is 1. The fourth-order valence-corrected chi connectivity index (χ4v) is 4.10. The number of rotatable bonds is 9. The van der Waals surface area contributed by atoms with E-state index in [4.69, 9.17) is 16.3 Å². The second-order valence-corrected chi connectivity index (χ2v) is 9.06. The van der Waals surface area contributed by atoms with Crippen molar-refractivity contribution in [3.8, 4) is 17.0 Å². The summed E-state index contributed by atoms with van der Waals surface area (Å²) in [6.45, 7) is 0.432. The van der Waals surface area contributed by atoms with Gasteiger partial charge in [0.1, 0.15) is 18.4 Å². The molecule has 5 aromatic rings. The molecule has 0 aliphatic carbocycles. The first-order valence-corrected chi connectivity index (χ1v) is 12.2. The van der Waals surface area contributed by atoms with Crippen molar-refractivity contribution in [2.45, 2.75) is 19.1 Å². The Labute approximate surface area is 223 Å². The van der Waals surface area contributed by atoms with Crippen molar-refractivity contribution >= 4 is 29.1 Å². The van der Waals surface area contributed by atoms with E-state index in [0.29, 0.717) is 23.0 Å². The minimum atomic E-state index is -1.15. The molecule has 3 aromatic carbocycles. The van der Waals surface area contributed by atoms with Gasteiger partial charge in [-0.3, -0.25) is 4.79 Å². The first-order chi connectivity index (χ1) is 18.5. The van der Waals surface area contributed by atoms with Gasteiger partial charge < -0.3 is 15.2 Å². The van der Waals surface area contributed by atoms with E-state index in [1.807, 2.05) is 42.5 Å². The van der Waals surface area contributed by atoms with Gasteiger partial charge in [-0.15, -0.1) is 0 Å². The van der Waals surface area contributed by atoms with Crippen molar-refractivity contribution in [3.05, 3.63) is 119 Å². The normalized spacial score (nSPS) is 11.7. The number of ether oxygens (including phenoxy) is 1. The number of carboxylic acid groups (broad SMARTS) is 1. The molecule has 190 valence electrons. The summed E-state index contributed by atoms with van der Waals surface area (Å²) in [7, 11) is 0. The summed E-state index contributed by atoms with van der Waals surface area (Å²) in [5.74, 6) is -1.08. The number of halogens is 1. The van der Waals surface area contributed by atoms with Crippen LogP contribution in [0.5, 0.6) is 5.75 Å². The van der Waals surface area contributed by atoms with Gasteiger partial charge in [0.05, 0.1) is 5.69 Å². The van der Waals surface area contributed by atoms with Crippen LogP contribution < -0.4 is 10.1 Å². The lowest BCUT2D eigenvalue weighted by molar-refractivity contribution is -0.139. The highest BCUT2D eigenvalue weighted by atomic mass is 35.5. The van der Waals surface area contributed by atoms with Gasteiger partial charge in [-0.05, 0) is 41.5 Å². The molecular formula is C29H23ClN4O4. The van der Waals surface area contributed by atoms with E-state index in [0.717, 1.165) is 22.4 Å². The summed E-state index contributed by atoms with van der Waals surface area (Å²) in [6.07, 6.45) is 1.72. The SMILES string of the molecule is O=C(NC(Cc1ccc(OCc2ccccc2)cc1)C(=O)O)c1cc2nccc(-c3ccc(Cl)cc3)n2n1. The highest BCUT2D eigenvalue weighted by Crippen LogP contribution is 2.22. The number of aliphatic carboxylic acids is 1. The zero-order valence-corrected chi connectivity index (χ0v) is 20.9. The number of fused-ring (bicyclic) bond motifs is 1. The predicted molar refractivity (Wildman–Crippen MR) is 143 cm³/mol. The number of carbonyl (C=O) groups is 2. The molecule has 0 fully saturated rings. The van der Waals surface area contributed by atoms with Crippen LogP contribution in [0.3, 0.4) is 0 Å². The summed E-state index contributed by atoms with van der Waals surface area (Å²) in [5.41, 5.74) is 3.88. The Morgan fingerprint density at radius 2 is 1.68 bits per heavy atom. The molecule has 1 amide bonds. The Kier molecular flexibility index (Phi) is 7.33. The fraction of sp³-hybridized carbons (Fsp3) is 0.103. The number of hydrogen-bond acceptors (Lipinski definition) is 5. The molecule has 8 nitrogen and oxygen atoms in total. The molecule has 0 aliphatic heterocycles. The van der Waals surface area contributed by atoms with Gasteiger partial charge in [0.25, 0.3) is 5.91 Å². The molecule has 0 aliphatic rings. The Bertz CT molecular complexity index is 1570. The van der Waals surface area contributed by atoms with Crippen LogP contribution in [-0.4, -0.2) is 37.6 Å². The molecule has 5 rings (SSSR count). The molecule has 0 saturated heterocycles. The van der Waals surface area contributed by atoms with Crippen molar-refractivity contribution in [1.82, 2.24) is 19.9 Å². The summed E-state index contributed by atoms with van der Waals surface area (Å²) in [6, 6.07) is 26.3. The second-order valence-electron chi connectivity index (χ2n) is 8.62. The Balaban J connectivity index is 1.27. The number of carbonyl (C=O) groups excluding carboxylic acids is 1. The number of benzene rings is 3. The quantitative estimate of drug-likeness (QED) is 0.278. The molecule has 0 spiro atoms. The largest absolute Gasteiger partial charge is 0.489 e. The van der Waals surface area contributed by atoms with Crippen molar-refractivity contribution in [3.63, 3.8) is 0 Å². The van der Waals surface area contributed by atoms with Gasteiger partial charge in [0.15, 0.2) is 11.3 Å². The average molecular weight is 527 g/mol. The maximum absolute atomic E-state index is 13.0. The number of amides is 1. The van der Waals surface area contributed by atoms with Crippen molar-refractivity contribution < 1.29 is 19.4 Å². The van der Waals surface area contributed by atoms with Gasteiger partial charge in [-0.25, -0.2) is 14.3 Å². The lowest BCUT2D eigenvalue weighted by atomic mass is 10.1. The molecule has 0 radical (unpaired) electrons. The van der Waals surface area contributed by atoms with Gasteiger partial charge in [0.2, 0.25) is 0 Å². The van der Waals surface area contributed by atoms with E-state index in [1.165, 1.54) is 6.07 Å². The lowest BCUT2D eigenvalue weighted by Crippen LogP contribution is -2.42. The van der Waals surface area contributed by atoms with Crippen LogP contribution in [0.1, 0.15) is 21.6 Å². The summed E-state index contributed by atoms with van der Waals surface area (Å²) >= 11 is 6.00. The maximum Gasteiger partial charge on any atom is 0.326 e. The highest BCUT2D eigenvalue weighted by molar-refractivity contribution is 6.30. The zero-order valence-electron chi connectivity index (χ0n) is 20.1. The number of aromatic nitrogens is 3. The van der Waals surface area contributed by atoms with Gasteiger partial charge in [0, 0.05) is 29.3 Å². The first kappa shape index (κ1) is 25.0. The Morgan fingerprint density at radius 3 is 2.39 bits per heavy atom. The molecule has 9 heteroatoms. The number of carboxylic acids is 1. The summed E-state index contributed by atoms with van der Waals surface area (Å²) in [4.78, 5) is 29.2. The minimum absolute atomic E-state index is 0.0647. The third-order valence-electron chi connectivity index (χ3n) is 5.95. The molecule has 1 atom stereocenters. The molecule has 1 unspecified atom stereocenters. The molecule has 2 heterocycles. The lowest BCUT2D eigenvalue weighted by Gasteiger charge is -2.14. The fourth-order valence-electron chi connectivity index (χ4n) is 3.98. The third kappa shape index (κ3) is 5.82. The smallest absolute Gasteiger partial charge is 0.326 e. The van der Waals surface area contributed by atoms with Crippen LogP contribution in [0.4, 0.5) is 0 Å². The molecule has 38 heavy (non-hydrogen) atoms. The second kappa shape index (κ2) is 11.1. The molecular weight excluding hydrogens is 504 g/mol. The number of hydrogen-bond donors (Lipinski definition) is 2. The maximum atomic E-state index is 13.0. The van der Waals surface area contributed by atoms with Crippen LogP contribution in [-0.2, 0) is 17.8 Å². The van der Waals surface area contributed by atoms with Gasteiger partial charge >= 0.3 is 5.97 Å². The van der Waals surface area contributed by atoms with Crippen LogP contribution in [0.25, 0.3) is 16.9 Å². The van der Waals surface area contributed by atoms with E-state index in [2.05, 4.69) is 15.4 Å². The Hall–Kier alpha value is -4.69. The van der Waals surface area contributed by atoms with E-state index >= 15 is 0 Å². The predicted octanol–water partition coefficient (Wildman–Crippen LogP) is 5.05. The first-order valence-electron chi connectivity index (χ1n) is 11.9. The van der Waals surface area contributed by atoms with E-state index in [-0.39, 0.29) is 12.1 Å². The zero-order chi connectivity index (χ0) is 26.5. The van der Waals surface area contributed by atoms with Crippen LogP contribution >= 0.6 is 11.6 Å². The van der Waals surface area contributed by atoms with E-state index in [9.17, 15) is 14.7 Å². The monoisotopic (exact) mass is 526 g/mol. The highest BCUT2D eigenvalue weighted by Gasteiger charge is 2.23. The Morgan fingerprint density at radius 1 is 0.947 bits per heavy atom. The van der Waals surface area contributed by atoms with Crippen molar-refractivity contribution in [1.29, 1.82) is 0 Å². The third-order valence-corrected chi connectivity index (χ3v) is 6.20. The minimum Gasteiger partial charge on any atom is -0.489 e. The average Bonchev–Trinajstić information content (AvgIpc) is 3.38. The topological polar surface area (TPSA) is 106 Å². The van der Waals surface area contributed by atoms with Gasteiger partial charge in [-0.2, -0.15) is 5.10 Å². The van der Waals surface area contributed by atoms with Crippen LogP contribution in [0.15, 0.2) is 97.2 Å². The molecule has 0 saturated carbocycles. The van der Waals surface area contributed by atoms with Crippen molar-refractivity contribution in [2.24, 2.45) is 0 Å². The molecule has 2 N–H and O–H groups in total. The van der Waals surface area contributed by atoms with Crippen LogP contribution in [0, 0.1) is 0 Å². The standard InChI is InChI=1S/C29H23ClN4O4/c30-22-10-8-21(9-11-22)26-14-15-31-27-17-24(33-34(26)27)28(35)32-25(29(36)37)16-19-6-12-23(13-7-19)38-18-20-4-2-1-3-5-20/h1-15,17,25H,16,18H2,(H,32,35)(H,36,37). The van der Waals surface area contributed by atoms with Crippen LogP contribution in [0.2, 0.25) is 5.02 Å². The van der Waals surface area contributed by atoms with Gasteiger partial charge in [-0.1, -0.05) is 66.2 Å². The van der Waals surface area contributed by atoms with Crippen molar-refractivity contribution in [2.75, 3.05) is 0 Å². The van der Waals surface area contributed by atoms with E-state index < -0.39 is 17.9 Å². The van der Waals surface area contributed by atoms with E-state index in [1.54, 1.807) is 53.2 Å². The molecule has 0 bridgehead atoms. The molecule has 2 aromatic heterocycles. The number of nitrogens with zero attached hydrogens (tertiary/aromatic N) is 3. The summed E-state index contributed by atoms with van der Waals surface area (Å²) in [5, 5.41) is 17.3. The summed E-state index contributed by atoms with van der Waals surface area (Å²) < 4.78 is 7.33.